The molecule has 1 heterocycles. The molecule has 1 aliphatic heterocycles. The second-order valence-electron chi connectivity index (χ2n) is 5.45. The summed E-state index contributed by atoms with van der Waals surface area (Å²) in [5.74, 6) is -0.292. The fourth-order valence-electron chi connectivity index (χ4n) is 2.59. The molecule has 2 atom stereocenters. The number of carbonyl (C=O) groups excluding carboxylic acids is 2. The molecule has 0 radical (unpaired) electrons. The van der Waals surface area contributed by atoms with Gasteiger partial charge in [-0.2, -0.15) is 0 Å². The molecule has 1 saturated heterocycles. The van der Waals surface area contributed by atoms with Crippen molar-refractivity contribution in [2.75, 3.05) is 20.3 Å². The summed E-state index contributed by atoms with van der Waals surface area (Å²) in [5.41, 5.74) is 1.06. The first-order chi connectivity index (χ1) is 10.1. The molecular weight excluding hydrogens is 268 g/mol. The summed E-state index contributed by atoms with van der Waals surface area (Å²) in [6, 6.07) is 9.76. The minimum absolute atomic E-state index is 0.00873. The van der Waals surface area contributed by atoms with Crippen LogP contribution < -0.4 is 5.32 Å². The van der Waals surface area contributed by atoms with Gasteiger partial charge in [-0.3, -0.25) is 9.59 Å². The summed E-state index contributed by atoms with van der Waals surface area (Å²) in [6.07, 6.45) is 0.286. The molecule has 1 aromatic rings. The SMILES string of the molecule is COC[C@H](C)N1C[C@@H](C(=O)NCc2ccccc2)CC1=O. The average molecular weight is 290 g/mol. The maximum Gasteiger partial charge on any atom is 0.225 e. The number of nitrogens with one attached hydrogen (secondary N) is 1. The van der Waals surface area contributed by atoms with Crippen molar-refractivity contribution in [3.8, 4) is 0 Å². The van der Waals surface area contributed by atoms with Gasteiger partial charge in [0.2, 0.25) is 11.8 Å². The molecule has 114 valence electrons. The van der Waals surface area contributed by atoms with Gasteiger partial charge in [-0.15, -0.1) is 0 Å². The molecule has 1 N–H and O–H groups in total. The van der Waals surface area contributed by atoms with Crippen LogP contribution in [-0.2, 0) is 20.9 Å². The zero-order valence-corrected chi connectivity index (χ0v) is 12.5. The maximum absolute atomic E-state index is 12.2. The molecule has 5 nitrogen and oxygen atoms in total. The Morgan fingerprint density at radius 1 is 1.43 bits per heavy atom. The second-order valence-corrected chi connectivity index (χ2v) is 5.45. The van der Waals surface area contributed by atoms with Crippen molar-refractivity contribution in [2.24, 2.45) is 5.92 Å². The number of likely N-dealkylation sites (tertiary alicyclic amines) is 1. The van der Waals surface area contributed by atoms with Crippen LogP contribution in [0.25, 0.3) is 0 Å². The van der Waals surface area contributed by atoms with E-state index in [0.29, 0.717) is 19.7 Å². The normalized spacial score (nSPS) is 19.6. The Kier molecular flexibility index (Phi) is 5.33. The first-order valence-electron chi connectivity index (χ1n) is 7.22. The van der Waals surface area contributed by atoms with Gasteiger partial charge in [0.15, 0.2) is 0 Å². The quantitative estimate of drug-likeness (QED) is 0.856. The predicted molar refractivity (Wildman–Crippen MR) is 79.4 cm³/mol. The predicted octanol–water partition coefficient (Wildman–Crippen LogP) is 1.19. The van der Waals surface area contributed by atoms with Crippen LogP contribution in [0, 0.1) is 5.92 Å². The molecule has 5 heteroatoms. The van der Waals surface area contributed by atoms with Gasteiger partial charge in [0, 0.05) is 26.6 Å². The fourth-order valence-corrected chi connectivity index (χ4v) is 2.59. The van der Waals surface area contributed by atoms with Crippen molar-refractivity contribution in [2.45, 2.75) is 25.9 Å². The number of amides is 2. The molecular formula is C16H22N2O3. The standard InChI is InChI=1S/C16H22N2O3/c1-12(11-21-2)18-10-14(8-15(18)19)16(20)17-9-13-6-4-3-5-7-13/h3-7,12,14H,8-11H2,1-2H3,(H,17,20)/t12-,14-/m0/s1. The molecule has 1 fully saturated rings. The molecule has 0 saturated carbocycles. The molecule has 0 spiro atoms. The molecule has 0 aromatic heterocycles. The molecule has 2 rings (SSSR count). The zero-order valence-electron chi connectivity index (χ0n) is 12.5. The zero-order chi connectivity index (χ0) is 15.2. The largest absolute Gasteiger partial charge is 0.383 e. The topological polar surface area (TPSA) is 58.6 Å². The third kappa shape index (κ3) is 4.04. The number of carbonyl (C=O) groups is 2. The summed E-state index contributed by atoms with van der Waals surface area (Å²) in [7, 11) is 1.61. The number of benzene rings is 1. The van der Waals surface area contributed by atoms with Gasteiger partial charge in [0.05, 0.1) is 18.6 Å². The van der Waals surface area contributed by atoms with Gasteiger partial charge in [-0.1, -0.05) is 30.3 Å². The number of methoxy groups -OCH3 is 1. The van der Waals surface area contributed by atoms with Crippen LogP contribution >= 0.6 is 0 Å². The van der Waals surface area contributed by atoms with Crippen LogP contribution in [0.5, 0.6) is 0 Å². The third-order valence-electron chi connectivity index (χ3n) is 3.78. The molecule has 2 amide bonds. The van der Waals surface area contributed by atoms with E-state index < -0.39 is 0 Å². The Bertz CT molecular complexity index is 490. The number of rotatable bonds is 6. The van der Waals surface area contributed by atoms with E-state index in [-0.39, 0.29) is 30.2 Å². The van der Waals surface area contributed by atoms with E-state index in [4.69, 9.17) is 4.74 Å². The number of ether oxygens (including phenoxy) is 1. The molecule has 1 aromatic carbocycles. The highest BCUT2D eigenvalue weighted by Crippen LogP contribution is 2.20. The summed E-state index contributed by atoms with van der Waals surface area (Å²) >= 11 is 0. The highest BCUT2D eigenvalue weighted by molar-refractivity contribution is 5.89. The second kappa shape index (κ2) is 7.22. The van der Waals surface area contributed by atoms with Gasteiger partial charge < -0.3 is 15.0 Å². The van der Waals surface area contributed by atoms with E-state index in [1.54, 1.807) is 12.0 Å². The molecule has 0 bridgehead atoms. The Hall–Kier alpha value is -1.88. The van der Waals surface area contributed by atoms with Crippen molar-refractivity contribution in [1.82, 2.24) is 10.2 Å². The lowest BCUT2D eigenvalue weighted by molar-refractivity contribution is -0.130. The highest BCUT2D eigenvalue weighted by atomic mass is 16.5. The fraction of sp³-hybridized carbons (Fsp3) is 0.500. The highest BCUT2D eigenvalue weighted by Gasteiger charge is 2.36. The van der Waals surface area contributed by atoms with E-state index in [0.717, 1.165) is 5.56 Å². The average Bonchev–Trinajstić information content (AvgIpc) is 2.88. The monoisotopic (exact) mass is 290 g/mol. The van der Waals surface area contributed by atoms with Crippen molar-refractivity contribution in [3.05, 3.63) is 35.9 Å². The van der Waals surface area contributed by atoms with E-state index >= 15 is 0 Å². The van der Waals surface area contributed by atoms with Crippen LogP contribution in [0.15, 0.2) is 30.3 Å². The van der Waals surface area contributed by atoms with Gasteiger partial charge in [0.25, 0.3) is 0 Å². The van der Waals surface area contributed by atoms with Crippen molar-refractivity contribution in [1.29, 1.82) is 0 Å². The van der Waals surface area contributed by atoms with Crippen LogP contribution in [0.4, 0.5) is 0 Å². The van der Waals surface area contributed by atoms with E-state index in [9.17, 15) is 9.59 Å². The van der Waals surface area contributed by atoms with E-state index in [2.05, 4.69) is 5.32 Å². The lowest BCUT2D eigenvalue weighted by Crippen LogP contribution is -2.38. The molecule has 0 aliphatic carbocycles. The summed E-state index contributed by atoms with van der Waals surface area (Å²) in [5, 5.41) is 2.90. The first-order valence-corrected chi connectivity index (χ1v) is 7.22. The molecule has 0 unspecified atom stereocenters. The van der Waals surface area contributed by atoms with E-state index in [1.807, 2.05) is 37.3 Å². The van der Waals surface area contributed by atoms with Gasteiger partial charge in [0.1, 0.15) is 0 Å². The smallest absolute Gasteiger partial charge is 0.225 e. The minimum Gasteiger partial charge on any atom is -0.383 e. The molecule has 1 aliphatic rings. The van der Waals surface area contributed by atoms with Gasteiger partial charge in [-0.25, -0.2) is 0 Å². The van der Waals surface area contributed by atoms with Crippen molar-refractivity contribution < 1.29 is 14.3 Å². The summed E-state index contributed by atoms with van der Waals surface area (Å²) in [4.78, 5) is 25.9. The molecule has 21 heavy (non-hydrogen) atoms. The summed E-state index contributed by atoms with van der Waals surface area (Å²) in [6.45, 7) is 3.40. The first kappa shape index (κ1) is 15.5. The van der Waals surface area contributed by atoms with Crippen molar-refractivity contribution in [3.63, 3.8) is 0 Å². The third-order valence-corrected chi connectivity index (χ3v) is 3.78. The lowest BCUT2D eigenvalue weighted by Gasteiger charge is -2.23. The van der Waals surface area contributed by atoms with Gasteiger partial charge >= 0.3 is 0 Å². The lowest BCUT2D eigenvalue weighted by atomic mass is 10.1. The maximum atomic E-state index is 12.2. The number of hydrogen-bond donors (Lipinski definition) is 1. The van der Waals surface area contributed by atoms with Crippen LogP contribution in [-0.4, -0.2) is 43.0 Å². The summed E-state index contributed by atoms with van der Waals surface area (Å²) < 4.78 is 5.07. The minimum atomic E-state index is -0.263. The Labute approximate surface area is 125 Å². The Balaban J connectivity index is 1.85. The van der Waals surface area contributed by atoms with Crippen LogP contribution in [0.2, 0.25) is 0 Å². The number of hydrogen-bond acceptors (Lipinski definition) is 3. The number of nitrogens with zero attached hydrogens (tertiary/aromatic N) is 1. The van der Waals surface area contributed by atoms with Crippen LogP contribution in [0.1, 0.15) is 18.9 Å². The van der Waals surface area contributed by atoms with E-state index in [1.165, 1.54) is 0 Å². The Morgan fingerprint density at radius 3 is 2.81 bits per heavy atom. The van der Waals surface area contributed by atoms with Crippen molar-refractivity contribution >= 4 is 11.8 Å². The Morgan fingerprint density at radius 2 is 2.14 bits per heavy atom. The van der Waals surface area contributed by atoms with Crippen LogP contribution in [0.3, 0.4) is 0 Å². The van der Waals surface area contributed by atoms with Gasteiger partial charge in [-0.05, 0) is 12.5 Å².